The van der Waals surface area contributed by atoms with Crippen LogP contribution < -0.4 is 4.90 Å². The molecule has 0 spiro atoms. The lowest BCUT2D eigenvalue weighted by Gasteiger charge is -2.35. The highest BCUT2D eigenvalue weighted by Gasteiger charge is 2.22. The first-order chi connectivity index (χ1) is 12.2. The predicted molar refractivity (Wildman–Crippen MR) is 96.3 cm³/mol. The Bertz CT molecular complexity index is 658. The molecule has 25 heavy (non-hydrogen) atoms. The molecule has 1 aliphatic rings. The molecule has 1 aliphatic heterocycles. The van der Waals surface area contributed by atoms with E-state index in [0.717, 1.165) is 45.1 Å². The van der Waals surface area contributed by atoms with Crippen molar-refractivity contribution in [2.75, 3.05) is 51.2 Å². The Morgan fingerprint density at radius 2 is 1.76 bits per heavy atom. The molecule has 0 bridgehead atoms. The van der Waals surface area contributed by atoms with Crippen LogP contribution in [-0.4, -0.2) is 77.0 Å². The lowest BCUT2D eigenvalue weighted by Crippen LogP contribution is -2.51. The van der Waals surface area contributed by atoms with Gasteiger partial charge in [0, 0.05) is 57.5 Å². The number of carbonyl (C=O) groups excluding carboxylic acids is 1. The zero-order valence-electron chi connectivity index (χ0n) is 14.6. The standard InChI is InChI=1S/C18H24N6O/c1-22(10-5-16-3-8-19-9-4-16)15-17(25)23-11-13-24(14-12-23)18-20-6-2-7-21-18/h2-4,6-9H,5,10-15H2,1H3. The van der Waals surface area contributed by atoms with Crippen LogP contribution in [0.4, 0.5) is 5.95 Å². The molecule has 1 fully saturated rings. The average molecular weight is 340 g/mol. The van der Waals surface area contributed by atoms with Gasteiger partial charge < -0.3 is 9.80 Å². The van der Waals surface area contributed by atoms with Crippen molar-refractivity contribution in [3.63, 3.8) is 0 Å². The van der Waals surface area contributed by atoms with Crippen LogP contribution in [0.1, 0.15) is 5.56 Å². The third-order valence-corrected chi connectivity index (χ3v) is 4.40. The summed E-state index contributed by atoms with van der Waals surface area (Å²) in [4.78, 5) is 31.2. The molecule has 2 aromatic heterocycles. The lowest BCUT2D eigenvalue weighted by molar-refractivity contribution is -0.132. The molecule has 7 heteroatoms. The monoisotopic (exact) mass is 340 g/mol. The van der Waals surface area contributed by atoms with Crippen molar-refractivity contribution >= 4 is 11.9 Å². The Kier molecular flexibility index (Phi) is 5.90. The van der Waals surface area contributed by atoms with Gasteiger partial charge in [-0.15, -0.1) is 0 Å². The number of rotatable bonds is 6. The summed E-state index contributed by atoms with van der Waals surface area (Å²) in [5.74, 6) is 0.926. The molecule has 0 aliphatic carbocycles. The average Bonchev–Trinajstić information content (AvgIpc) is 2.68. The number of carbonyl (C=O) groups is 1. The van der Waals surface area contributed by atoms with Crippen LogP contribution >= 0.6 is 0 Å². The lowest BCUT2D eigenvalue weighted by atomic mass is 10.2. The van der Waals surface area contributed by atoms with Crippen molar-refractivity contribution in [3.05, 3.63) is 48.5 Å². The molecule has 0 atom stereocenters. The molecule has 132 valence electrons. The van der Waals surface area contributed by atoms with Crippen LogP contribution in [-0.2, 0) is 11.2 Å². The summed E-state index contributed by atoms with van der Waals surface area (Å²) in [6.07, 6.45) is 8.02. The number of amides is 1. The minimum Gasteiger partial charge on any atom is -0.338 e. The maximum Gasteiger partial charge on any atom is 0.236 e. The minimum atomic E-state index is 0.186. The van der Waals surface area contributed by atoms with Crippen molar-refractivity contribution in [1.82, 2.24) is 24.8 Å². The molecule has 7 nitrogen and oxygen atoms in total. The number of hydrogen-bond acceptors (Lipinski definition) is 6. The zero-order valence-corrected chi connectivity index (χ0v) is 14.6. The summed E-state index contributed by atoms with van der Waals surface area (Å²) in [7, 11) is 1.99. The summed E-state index contributed by atoms with van der Waals surface area (Å²) >= 11 is 0. The van der Waals surface area contributed by atoms with E-state index in [1.807, 2.05) is 30.1 Å². The number of anilines is 1. The predicted octanol–water partition coefficient (Wildman–Crippen LogP) is 0.695. The third-order valence-electron chi connectivity index (χ3n) is 4.40. The second kappa shape index (κ2) is 8.53. The fourth-order valence-electron chi connectivity index (χ4n) is 2.89. The molecule has 3 rings (SSSR count). The van der Waals surface area contributed by atoms with Crippen LogP contribution in [0, 0.1) is 0 Å². The van der Waals surface area contributed by atoms with Crippen LogP contribution in [0.2, 0.25) is 0 Å². The highest BCUT2D eigenvalue weighted by molar-refractivity contribution is 5.78. The fourth-order valence-corrected chi connectivity index (χ4v) is 2.89. The number of hydrogen-bond donors (Lipinski definition) is 0. The highest BCUT2D eigenvalue weighted by atomic mass is 16.2. The van der Waals surface area contributed by atoms with E-state index in [2.05, 4.69) is 24.8 Å². The Morgan fingerprint density at radius 3 is 2.44 bits per heavy atom. The highest BCUT2D eigenvalue weighted by Crippen LogP contribution is 2.10. The van der Waals surface area contributed by atoms with Crippen LogP contribution in [0.15, 0.2) is 43.0 Å². The Balaban J connectivity index is 1.41. The second-order valence-corrected chi connectivity index (χ2v) is 6.26. The van der Waals surface area contributed by atoms with E-state index >= 15 is 0 Å². The molecular weight excluding hydrogens is 316 g/mol. The van der Waals surface area contributed by atoms with Crippen molar-refractivity contribution in [1.29, 1.82) is 0 Å². The maximum absolute atomic E-state index is 12.5. The summed E-state index contributed by atoms with van der Waals surface area (Å²) in [6.45, 7) is 4.29. The molecule has 2 aromatic rings. The van der Waals surface area contributed by atoms with Crippen molar-refractivity contribution < 1.29 is 4.79 Å². The molecule has 0 radical (unpaired) electrons. The normalized spacial score (nSPS) is 14.8. The number of aromatic nitrogens is 3. The van der Waals surface area contributed by atoms with Crippen LogP contribution in [0.5, 0.6) is 0 Å². The van der Waals surface area contributed by atoms with Gasteiger partial charge in [0.1, 0.15) is 0 Å². The van der Waals surface area contributed by atoms with E-state index < -0.39 is 0 Å². The second-order valence-electron chi connectivity index (χ2n) is 6.26. The molecule has 3 heterocycles. The molecule has 0 saturated carbocycles. The summed E-state index contributed by atoms with van der Waals surface area (Å²) in [5, 5.41) is 0. The van der Waals surface area contributed by atoms with Gasteiger partial charge in [0.2, 0.25) is 11.9 Å². The van der Waals surface area contributed by atoms with Gasteiger partial charge in [-0.05, 0) is 37.2 Å². The molecule has 0 unspecified atom stereocenters. The van der Waals surface area contributed by atoms with Crippen molar-refractivity contribution in [2.45, 2.75) is 6.42 Å². The van der Waals surface area contributed by atoms with Gasteiger partial charge in [0.25, 0.3) is 0 Å². The van der Waals surface area contributed by atoms with Crippen LogP contribution in [0.3, 0.4) is 0 Å². The SMILES string of the molecule is CN(CCc1ccncc1)CC(=O)N1CCN(c2ncccn2)CC1. The van der Waals surface area contributed by atoms with Gasteiger partial charge in [-0.25, -0.2) is 9.97 Å². The molecule has 0 N–H and O–H groups in total. The number of nitrogens with zero attached hydrogens (tertiary/aromatic N) is 6. The summed E-state index contributed by atoms with van der Waals surface area (Å²) < 4.78 is 0. The number of pyridine rings is 1. The molecule has 1 saturated heterocycles. The Hall–Kier alpha value is -2.54. The molecule has 0 aromatic carbocycles. The maximum atomic E-state index is 12.5. The molecular formula is C18H24N6O. The summed E-state index contributed by atoms with van der Waals surface area (Å²) in [6, 6.07) is 5.84. The summed E-state index contributed by atoms with van der Waals surface area (Å²) in [5.41, 5.74) is 1.24. The van der Waals surface area contributed by atoms with Crippen molar-refractivity contribution in [3.8, 4) is 0 Å². The fraction of sp³-hybridized carbons (Fsp3) is 0.444. The Labute approximate surface area is 148 Å². The smallest absolute Gasteiger partial charge is 0.236 e. The van der Waals surface area contributed by atoms with E-state index in [1.165, 1.54) is 5.56 Å². The minimum absolute atomic E-state index is 0.186. The first-order valence-corrected chi connectivity index (χ1v) is 8.59. The van der Waals surface area contributed by atoms with Gasteiger partial charge in [0.05, 0.1) is 6.54 Å². The van der Waals surface area contributed by atoms with Crippen molar-refractivity contribution in [2.24, 2.45) is 0 Å². The first kappa shape index (κ1) is 17.3. The molecule has 1 amide bonds. The van der Waals surface area contributed by atoms with E-state index in [4.69, 9.17) is 0 Å². The largest absolute Gasteiger partial charge is 0.338 e. The Morgan fingerprint density at radius 1 is 1.08 bits per heavy atom. The zero-order chi connectivity index (χ0) is 17.5. The van der Waals surface area contributed by atoms with Gasteiger partial charge in [-0.2, -0.15) is 0 Å². The van der Waals surface area contributed by atoms with Gasteiger partial charge in [-0.3, -0.25) is 14.7 Å². The number of piperazine rings is 1. The van der Waals surface area contributed by atoms with E-state index in [0.29, 0.717) is 6.54 Å². The third kappa shape index (κ3) is 4.96. The van der Waals surface area contributed by atoms with Gasteiger partial charge >= 0.3 is 0 Å². The first-order valence-electron chi connectivity index (χ1n) is 8.59. The topological polar surface area (TPSA) is 65.5 Å². The van der Waals surface area contributed by atoms with Crippen LogP contribution in [0.25, 0.3) is 0 Å². The number of likely N-dealkylation sites (N-methyl/N-ethyl adjacent to an activating group) is 1. The van der Waals surface area contributed by atoms with Gasteiger partial charge in [0.15, 0.2) is 0 Å². The van der Waals surface area contributed by atoms with E-state index in [1.54, 1.807) is 24.8 Å². The quantitative estimate of drug-likeness (QED) is 0.771. The van der Waals surface area contributed by atoms with E-state index in [-0.39, 0.29) is 5.91 Å². The van der Waals surface area contributed by atoms with E-state index in [9.17, 15) is 4.79 Å². The van der Waals surface area contributed by atoms with Gasteiger partial charge in [-0.1, -0.05) is 0 Å².